The van der Waals surface area contributed by atoms with Crippen molar-refractivity contribution in [2.24, 2.45) is 5.73 Å². The van der Waals surface area contributed by atoms with Crippen molar-refractivity contribution in [1.29, 1.82) is 0 Å². The number of hydrogen-bond donors (Lipinski definition) is 3. The molecule has 0 saturated heterocycles. The number of carbonyl (C=O) groups is 1. The van der Waals surface area contributed by atoms with Crippen LogP contribution in [0.2, 0.25) is 0 Å². The Hall–Kier alpha value is -1.76. The number of nitrogens with two attached hydrogens (primary N) is 1. The van der Waals surface area contributed by atoms with Crippen LogP contribution in [0.1, 0.15) is 31.7 Å². The molecule has 1 unspecified atom stereocenters. The summed E-state index contributed by atoms with van der Waals surface area (Å²) in [6.45, 7) is 1.91. The lowest BCUT2D eigenvalue weighted by Gasteiger charge is -2.13. The summed E-state index contributed by atoms with van der Waals surface area (Å²) in [4.78, 5) is 11.6. The van der Waals surface area contributed by atoms with Crippen LogP contribution in [0.4, 0.5) is 18.9 Å². The van der Waals surface area contributed by atoms with E-state index in [0.29, 0.717) is 12.5 Å². The second kappa shape index (κ2) is 6.60. The number of amides is 1. The first-order chi connectivity index (χ1) is 9.24. The first-order valence-electron chi connectivity index (χ1n) is 6.19. The van der Waals surface area contributed by atoms with Gasteiger partial charge in [-0.1, -0.05) is 13.3 Å². The highest BCUT2D eigenvalue weighted by atomic mass is 19.4. The Morgan fingerprint density at radius 3 is 2.65 bits per heavy atom. The van der Waals surface area contributed by atoms with E-state index in [1.165, 1.54) is 0 Å². The minimum atomic E-state index is -4.54. The SMILES string of the molecule is CCCC(N)CC(=O)Nc1cc(C(F)(F)F)ccc1O. The molecule has 20 heavy (non-hydrogen) atoms. The molecule has 0 fully saturated rings. The molecule has 0 saturated carbocycles. The zero-order valence-corrected chi connectivity index (χ0v) is 11.0. The van der Waals surface area contributed by atoms with Gasteiger partial charge in [0.2, 0.25) is 5.91 Å². The quantitative estimate of drug-likeness (QED) is 0.730. The Morgan fingerprint density at radius 2 is 2.10 bits per heavy atom. The maximum Gasteiger partial charge on any atom is 0.416 e. The van der Waals surface area contributed by atoms with Gasteiger partial charge < -0.3 is 16.2 Å². The summed E-state index contributed by atoms with van der Waals surface area (Å²) in [5.41, 5.74) is 4.46. The predicted molar refractivity (Wildman–Crippen MR) is 69.2 cm³/mol. The Kier molecular flexibility index (Phi) is 5.38. The average molecular weight is 290 g/mol. The monoisotopic (exact) mass is 290 g/mol. The van der Waals surface area contributed by atoms with Crippen molar-refractivity contribution in [1.82, 2.24) is 0 Å². The lowest BCUT2D eigenvalue weighted by molar-refractivity contribution is -0.137. The molecule has 0 bridgehead atoms. The second-order valence-electron chi connectivity index (χ2n) is 4.53. The number of anilines is 1. The normalized spacial score (nSPS) is 13.1. The van der Waals surface area contributed by atoms with Crippen LogP contribution in [0.15, 0.2) is 18.2 Å². The smallest absolute Gasteiger partial charge is 0.416 e. The Bertz CT molecular complexity index is 475. The highest BCUT2D eigenvalue weighted by Crippen LogP contribution is 2.34. The van der Waals surface area contributed by atoms with E-state index >= 15 is 0 Å². The third-order valence-corrected chi connectivity index (χ3v) is 2.71. The molecule has 0 aliphatic rings. The van der Waals surface area contributed by atoms with Crippen LogP contribution in [0.25, 0.3) is 0 Å². The van der Waals surface area contributed by atoms with Gasteiger partial charge in [0.1, 0.15) is 5.75 Å². The minimum absolute atomic E-state index is 0.0104. The summed E-state index contributed by atoms with van der Waals surface area (Å²) >= 11 is 0. The lowest BCUT2D eigenvalue weighted by Crippen LogP contribution is -2.27. The predicted octanol–water partition coefficient (Wildman–Crippen LogP) is 2.87. The van der Waals surface area contributed by atoms with E-state index in [-0.39, 0.29) is 18.2 Å². The number of aromatic hydroxyl groups is 1. The molecular weight excluding hydrogens is 273 g/mol. The van der Waals surface area contributed by atoms with Gasteiger partial charge in [-0.05, 0) is 24.6 Å². The number of benzene rings is 1. The largest absolute Gasteiger partial charge is 0.506 e. The summed E-state index contributed by atoms with van der Waals surface area (Å²) in [6, 6.07) is 1.98. The fourth-order valence-corrected chi connectivity index (χ4v) is 1.72. The second-order valence-corrected chi connectivity index (χ2v) is 4.53. The molecule has 1 aromatic rings. The number of nitrogens with one attached hydrogen (secondary N) is 1. The molecule has 7 heteroatoms. The molecular formula is C13H17F3N2O2. The van der Waals surface area contributed by atoms with Crippen LogP contribution in [0, 0.1) is 0 Å². The van der Waals surface area contributed by atoms with Crippen molar-refractivity contribution >= 4 is 11.6 Å². The molecule has 4 N–H and O–H groups in total. The number of alkyl halides is 3. The molecule has 4 nitrogen and oxygen atoms in total. The van der Waals surface area contributed by atoms with Crippen molar-refractivity contribution in [3.05, 3.63) is 23.8 Å². The summed E-state index contributed by atoms with van der Waals surface area (Å²) in [5.74, 6) is -0.948. The van der Waals surface area contributed by atoms with Crippen molar-refractivity contribution in [3.8, 4) is 5.75 Å². The molecule has 1 aromatic carbocycles. The van der Waals surface area contributed by atoms with Gasteiger partial charge in [-0.25, -0.2) is 0 Å². The number of hydrogen-bond acceptors (Lipinski definition) is 3. The van der Waals surface area contributed by atoms with Crippen LogP contribution < -0.4 is 11.1 Å². The van der Waals surface area contributed by atoms with Gasteiger partial charge in [0.05, 0.1) is 11.3 Å². The standard InChI is InChI=1S/C13H17F3N2O2/c1-2-3-9(17)7-12(20)18-10-6-8(13(14,15)16)4-5-11(10)19/h4-6,9,19H,2-3,7,17H2,1H3,(H,18,20). The fourth-order valence-electron chi connectivity index (χ4n) is 1.72. The highest BCUT2D eigenvalue weighted by Gasteiger charge is 2.31. The van der Waals surface area contributed by atoms with Crippen molar-refractivity contribution < 1.29 is 23.1 Å². The minimum Gasteiger partial charge on any atom is -0.506 e. The Morgan fingerprint density at radius 1 is 1.45 bits per heavy atom. The Balaban J connectivity index is 2.79. The van der Waals surface area contributed by atoms with Crippen molar-refractivity contribution in [2.75, 3.05) is 5.32 Å². The molecule has 1 amide bonds. The molecule has 0 aliphatic carbocycles. The molecule has 0 aliphatic heterocycles. The number of rotatable bonds is 5. The van der Waals surface area contributed by atoms with E-state index in [1.54, 1.807) is 0 Å². The van der Waals surface area contributed by atoms with Gasteiger partial charge in [0, 0.05) is 12.5 Å². The first kappa shape index (κ1) is 16.3. The van der Waals surface area contributed by atoms with Gasteiger partial charge in [-0.15, -0.1) is 0 Å². The molecule has 0 aromatic heterocycles. The zero-order chi connectivity index (χ0) is 15.3. The molecule has 112 valence electrons. The number of halogens is 3. The molecule has 0 heterocycles. The summed E-state index contributed by atoms with van der Waals surface area (Å²) in [7, 11) is 0. The fraction of sp³-hybridized carbons (Fsp3) is 0.462. The topological polar surface area (TPSA) is 75.4 Å². The van der Waals surface area contributed by atoms with Gasteiger partial charge in [0.15, 0.2) is 0 Å². The summed E-state index contributed by atoms with van der Waals surface area (Å²) < 4.78 is 37.6. The number of carbonyl (C=O) groups excluding carboxylic acids is 1. The molecule has 0 radical (unpaired) electrons. The van der Waals surface area contributed by atoms with Crippen molar-refractivity contribution in [3.63, 3.8) is 0 Å². The summed E-state index contributed by atoms with van der Waals surface area (Å²) in [6.07, 6.45) is -3.10. The average Bonchev–Trinajstić information content (AvgIpc) is 2.30. The third kappa shape index (κ3) is 4.73. The maximum atomic E-state index is 12.5. The van der Waals surface area contributed by atoms with Crippen molar-refractivity contribution in [2.45, 2.75) is 38.4 Å². The van der Waals surface area contributed by atoms with E-state index in [4.69, 9.17) is 5.73 Å². The lowest BCUT2D eigenvalue weighted by atomic mass is 10.1. The zero-order valence-electron chi connectivity index (χ0n) is 11.0. The van der Waals surface area contributed by atoms with E-state index in [1.807, 2.05) is 6.92 Å². The van der Waals surface area contributed by atoms with E-state index in [9.17, 15) is 23.1 Å². The van der Waals surface area contributed by atoms with Crippen LogP contribution in [-0.4, -0.2) is 17.1 Å². The Labute approximate surface area is 114 Å². The van der Waals surface area contributed by atoms with E-state index in [2.05, 4.69) is 5.32 Å². The van der Waals surface area contributed by atoms with Gasteiger partial charge >= 0.3 is 6.18 Å². The van der Waals surface area contributed by atoms with Crippen LogP contribution in [0.3, 0.4) is 0 Å². The van der Waals surface area contributed by atoms with E-state index < -0.39 is 23.4 Å². The van der Waals surface area contributed by atoms with Gasteiger partial charge in [-0.2, -0.15) is 13.2 Å². The van der Waals surface area contributed by atoms with Crippen LogP contribution >= 0.6 is 0 Å². The third-order valence-electron chi connectivity index (χ3n) is 2.71. The number of phenolic OH excluding ortho intramolecular Hbond substituents is 1. The molecule has 0 spiro atoms. The van der Waals surface area contributed by atoms with E-state index in [0.717, 1.165) is 18.6 Å². The molecule has 1 rings (SSSR count). The van der Waals surface area contributed by atoms with Gasteiger partial charge in [0.25, 0.3) is 0 Å². The van der Waals surface area contributed by atoms with Crippen LogP contribution in [-0.2, 0) is 11.0 Å². The number of phenols is 1. The highest BCUT2D eigenvalue weighted by molar-refractivity contribution is 5.92. The van der Waals surface area contributed by atoms with Gasteiger partial charge in [-0.3, -0.25) is 4.79 Å². The summed E-state index contributed by atoms with van der Waals surface area (Å²) in [5, 5.41) is 11.7. The first-order valence-corrected chi connectivity index (χ1v) is 6.19. The molecule has 1 atom stereocenters. The van der Waals surface area contributed by atoms with Crippen LogP contribution in [0.5, 0.6) is 5.75 Å². The maximum absolute atomic E-state index is 12.5.